The number of aliphatic hydroxyl groups is 1. The normalized spacial score (nSPS) is 13.9. The summed E-state index contributed by atoms with van der Waals surface area (Å²) in [7, 11) is 7.00. The number of carboxylic acids is 1. The SMILES string of the molecule is C[C@@H](O)[C@@H]1CN(C(=O)c2cc3cc(OCCN(C)C)ccc3[nH]2)c2cc(OC(=O)N(C)CCN(C)C(=O)OCc3ccc(NC(=O)[C@H](CCCCN)NC(=O)[C@H](Cc4ccccc4)NC(=O)OCCOCCn4cc(NC(=O)OCCOCCN5C(=O)C=CC5=O)nn4)cc3)c3ccccc3c21.O=C(O)C(F)(F)F. The second-order valence-corrected chi connectivity index (χ2v) is 25.3. The molecule has 2 aromatic heterocycles. The summed E-state index contributed by atoms with van der Waals surface area (Å²) in [6.07, 6.45) is -3.84. The largest absolute Gasteiger partial charge is 0.492 e. The highest BCUT2D eigenvalue weighted by molar-refractivity contribution is 6.13. The molecule has 2 aliphatic heterocycles. The maximum atomic E-state index is 14.5. The van der Waals surface area contributed by atoms with Crippen LogP contribution in [0.15, 0.2) is 128 Å². The first-order valence-corrected chi connectivity index (χ1v) is 34.6. The summed E-state index contributed by atoms with van der Waals surface area (Å²) in [5, 5.41) is 38.9. The second-order valence-electron chi connectivity index (χ2n) is 25.3. The van der Waals surface area contributed by atoms with Gasteiger partial charge < -0.3 is 89.6 Å². The molecule has 0 radical (unpaired) electrons. The number of nitrogens with one attached hydrogen (secondary N) is 5. The summed E-state index contributed by atoms with van der Waals surface area (Å²) < 4.78 is 72.1. The minimum absolute atomic E-state index is 0.0184. The minimum atomic E-state index is -5.08. The predicted octanol–water partition coefficient (Wildman–Crippen LogP) is 6.41. The quantitative estimate of drug-likeness (QED) is 0.0119. The number of halogens is 3. The molecule has 4 atom stereocenters. The summed E-state index contributed by atoms with van der Waals surface area (Å²) >= 11 is 0. The average Bonchev–Trinajstić information content (AvgIpc) is 1.60. The van der Waals surface area contributed by atoms with E-state index in [0.29, 0.717) is 59.8 Å². The van der Waals surface area contributed by atoms with Gasteiger partial charge in [-0.15, -0.1) is 5.10 Å². The molecule has 2 aliphatic rings. The number of anilines is 3. The third-order valence-electron chi connectivity index (χ3n) is 16.9. The Kier molecular flexibility index (Phi) is 30.6. The van der Waals surface area contributed by atoms with E-state index in [2.05, 4.69) is 36.6 Å². The number of fused-ring (bicyclic) bond motifs is 4. The number of nitrogens with zero attached hydrogens (tertiary/aromatic N) is 8. The first-order chi connectivity index (χ1) is 52.1. The monoisotopic (exact) mass is 1520 g/mol. The van der Waals surface area contributed by atoms with Gasteiger partial charge in [0.2, 0.25) is 11.8 Å². The zero-order chi connectivity index (χ0) is 78.7. The number of rotatable bonds is 36. The van der Waals surface area contributed by atoms with Crippen LogP contribution in [0.4, 0.5) is 49.5 Å². The Hall–Kier alpha value is -11.7. The number of alkyl halides is 3. The standard InChI is InChI=1S/C71H86N14O17.C2HF3O2/c1-46(86)54-43-85(67(91)58-41-49-40-51(22-23-55(49)74-58)98-34-29-80(2)3)59-42-60(52-15-9-10-16-53(52)64(54)59)102-71(95)82(5)28-27-81(4)70(94)101-45-48-18-20-50(21-19-48)73-65(89)56(17-11-12-26-72)75-66(90)57(39-47-13-7-6-8-14-47)76-68(92)99-37-35-96-32-30-83-44-61(78-79-83)77-69(93)100-38-36-97-33-31-84-62(87)24-25-63(84)88;3-2(4,5)1(6)7/h6-10,13-16,18-25,40-42,44,46,54,56-57,74,86H,11-12,17,26-39,43,45,72H2,1-5H3,(H,73,89)(H,75,90)(H,76,92)(H,77,93);(H,6,7)/t46-,54+,56+,57+;/m1./s1. The maximum absolute atomic E-state index is 14.5. The lowest BCUT2D eigenvalue weighted by Gasteiger charge is -2.23. The van der Waals surface area contributed by atoms with Crippen LogP contribution in [0.2, 0.25) is 0 Å². The molecule has 9 rings (SSSR count). The number of carbonyl (C=O) groups is 10. The Morgan fingerprint density at radius 3 is 2.01 bits per heavy atom. The van der Waals surface area contributed by atoms with Gasteiger partial charge in [0, 0.05) is 92.8 Å². The number of ether oxygens (including phenoxy) is 7. The van der Waals surface area contributed by atoms with Gasteiger partial charge in [-0.3, -0.25) is 34.2 Å². The Balaban J connectivity index is 0.00000203. The van der Waals surface area contributed by atoms with Crippen molar-refractivity contribution in [2.45, 2.75) is 76.0 Å². The molecule has 9 amide bonds. The highest BCUT2D eigenvalue weighted by Gasteiger charge is 2.40. The number of alkyl carbamates (subject to hydrolysis) is 1. The molecule has 0 fully saturated rings. The number of aromatic nitrogens is 4. The number of aliphatic hydroxyl groups excluding tert-OH is 1. The highest BCUT2D eigenvalue weighted by Crippen LogP contribution is 2.47. The van der Waals surface area contributed by atoms with E-state index in [1.165, 1.54) is 46.9 Å². The maximum Gasteiger partial charge on any atom is 0.490 e. The van der Waals surface area contributed by atoms with Crippen LogP contribution in [0, 0.1) is 0 Å². The van der Waals surface area contributed by atoms with Gasteiger partial charge in [-0.05, 0) is 105 Å². The van der Waals surface area contributed by atoms with Crippen molar-refractivity contribution in [2.75, 3.05) is 129 Å². The molecular weight excluding hydrogens is 1430 g/mol. The summed E-state index contributed by atoms with van der Waals surface area (Å²) in [6.45, 7) is 3.68. The van der Waals surface area contributed by atoms with Crippen LogP contribution in [0.25, 0.3) is 21.7 Å². The van der Waals surface area contributed by atoms with E-state index < -0.39 is 84.3 Å². The molecule has 4 heterocycles. The van der Waals surface area contributed by atoms with E-state index >= 15 is 0 Å². The molecule has 0 saturated heterocycles. The van der Waals surface area contributed by atoms with E-state index in [-0.39, 0.29) is 109 Å². The second kappa shape index (κ2) is 40.3. The zero-order valence-electron chi connectivity index (χ0n) is 60.5. The molecular formula is C73H87F3N14O19. The molecule has 33 nitrogen and oxygen atoms in total. The molecule has 9 N–H and O–H groups in total. The highest BCUT2D eigenvalue weighted by atomic mass is 19.4. The number of imide groups is 1. The molecule has 0 spiro atoms. The van der Waals surface area contributed by atoms with Gasteiger partial charge >= 0.3 is 36.5 Å². The lowest BCUT2D eigenvalue weighted by atomic mass is 9.91. The lowest BCUT2D eigenvalue weighted by Crippen LogP contribution is -2.53. The van der Waals surface area contributed by atoms with Crippen LogP contribution >= 0.6 is 0 Å². The first-order valence-electron chi connectivity index (χ1n) is 34.6. The van der Waals surface area contributed by atoms with Crippen molar-refractivity contribution in [3.8, 4) is 11.5 Å². The minimum Gasteiger partial charge on any atom is -0.492 e. The molecule has 0 saturated carbocycles. The Bertz CT molecular complexity index is 4310. The van der Waals surface area contributed by atoms with Crippen molar-refractivity contribution < 1.29 is 104 Å². The number of carbonyl (C=O) groups excluding carboxylic acids is 9. The number of unbranched alkanes of at least 4 members (excludes halogenated alkanes) is 1. The van der Waals surface area contributed by atoms with Crippen LogP contribution in [-0.4, -0.2) is 248 Å². The molecule has 5 aromatic carbocycles. The predicted molar refractivity (Wildman–Crippen MR) is 388 cm³/mol. The number of amides is 9. The number of H-pyrrole nitrogens is 1. The Morgan fingerprint density at radius 2 is 1.35 bits per heavy atom. The third-order valence-corrected chi connectivity index (χ3v) is 16.9. The van der Waals surface area contributed by atoms with Crippen molar-refractivity contribution in [1.82, 2.24) is 50.2 Å². The van der Waals surface area contributed by atoms with E-state index in [0.717, 1.165) is 38.9 Å². The van der Waals surface area contributed by atoms with Crippen molar-refractivity contribution in [3.63, 3.8) is 0 Å². The summed E-state index contributed by atoms with van der Waals surface area (Å²) in [6, 6.07) is 29.7. The van der Waals surface area contributed by atoms with Crippen LogP contribution < -0.4 is 41.4 Å². The first kappa shape index (κ1) is 82.9. The fourth-order valence-corrected chi connectivity index (χ4v) is 11.1. The number of nitrogens with two attached hydrogens (primary N) is 1. The molecule has 0 aliphatic carbocycles. The Labute approximate surface area is 623 Å². The molecule has 7 aromatic rings. The van der Waals surface area contributed by atoms with Gasteiger partial charge in [-0.1, -0.05) is 71.9 Å². The fourth-order valence-electron chi connectivity index (χ4n) is 11.1. The Morgan fingerprint density at radius 1 is 0.697 bits per heavy atom. The van der Waals surface area contributed by atoms with Crippen LogP contribution in [0.5, 0.6) is 11.5 Å². The molecule has 584 valence electrons. The van der Waals surface area contributed by atoms with E-state index in [4.69, 9.17) is 48.8 Å². The molecule has 109 heavy (non-hydrogen) atoms. The summed E-state index contributed by atoms with van der Waals surface area (Å²) in [5.74, 6) is -4.54. The average molecular weight is 1520 g/mol. The van der Waals surface area contributed by atoms with Crippen molar-refractivity contribution in [2.24, 2.45) is 5.73 Å². The van der Waals surface area contributed by atoms with E-state index in [1.54, 1.807) is 72.5 Å². The molecule has 0 bridgehead atoms. The number of benzene rings is 5. The van der Waals surface area contributed by atoms with E-state index in [9.17, 15) is 61.4 Å². The fraction of sp³-hybridized carbons (Fsp3) is 0.397. The zero-order valence-corrected chi connectivity index (χ0v) is 60.5. The van der Waals surface area contributed by atoms with Crippen LogP contribution in [0.1, 0.15) is 59.3 Å². The van der Waals surface area contributed by atoms with Gasteiger partial charge in [0.1, 0.15) is 55.7 Å². The molecule has 0 unspecified atom stereocenters. The van der Waals surface area contributed by atoms with Gasteiger partial charge in [-0.2, -0.15) is 13.2 Å². The number of carboxylic acid groups (broad SMARTS) is 1. The van der Waals surface area contributed by atoms with Crippen LogP contribution in [0.3, 0.4) is 0 Å². The van der Waals surface area contributed by atoms with Crippen molar-refractivity contribution in [3.05, 3.63) is 150 Å². The number of aromatic amines is 1. The van der Waals surface area contributed by atoms with Gasteiger partial charge in [0.05, 0.1) is 57.5 Å². The number of likely N-dealkylation sites (N-methyl/N-ethyl adjacent to an activating group) is 3. The summed E-state index contributed by atoms with van der Waals surface area (Å²) in [4.78, 5) is 138. The van der Waals surface area contributed by atoms with Crippen molar-refractivity contribution >= 4 is 98.7 Å². The smallest absolute Gasteiger partial charge is 0.490 e. The summed E-state index contributed by atoms with van der Waals surface area (Å²) in [5.41, 5.74) is 9.85. The van der Waals surface area contributed by atoms with E-state index in [1.807, 2.05) is 67.5 Å². The van der Waals surface area contributed by atoms with Gasteiger partial charge in [0.25, 0.3) is 17.7 Å². The van der Waals surface area contributed by atoms with Gasteiger partial charge in [0.15, 0.2) is 5.82 Å². The third kappa shape index (κ3) is 24.9. The van der Waals surface area contributed by atoms with Gasteiger partial charge in [-0.25, -0.2) is 28.7 Å². The van der Waals surface area contributed by atoms with Crippen LogP contribution in [-0.2, 0) is 67.2 Å². The van der Waals surface area contributed by atoms with Crippen molar-refractivity contribution in [1.29, 1.82) is 0 Å². The topological polar surface area (TPSA) is 413 Å². The lowest BCUT2D eigenvalue weighted by molar-refractivity contribution is -0.192. The number of hydrogen-bond acceptors (Lipinski definition) is 22. The molecule has 36 heteroatoms. The number of hydrogen-bond donors (Lipinski definition) is 8. The number of aliphatic carboxylic acids is 1.